The number of rotatable bonds is 5. The highest BCUT2D eigenvalue weighted by Gasteiger charge is 2.30. The molecular weight excluding hydrogens is 214 g/mol. The molecule has 0 aromatic carbocycles. The first kappa shape index (κ1) is 12.6. The van der Waals surface area contributed by atoms with Crippen molar-refractivity contribution in [3.63, 3.8) is 0 Å². The summed E-state index contributed by atoms with van der Waals surface area (Å²) in [4.78, 5) is 4.33. The second kappa shape index (κ2) is 5.65. The van der Waals surface area contributed by atoms with E-state index in [-0.39, 0.29) is 6.10 Å². The van der Waals surface area contributed by atoms with Crippen LogP contribution in [0.1, 0.15) is 44.3 Å². The Balaban J connectivity index is 2.23. The SMILES string of the molecule is CCC(CC)c1cncn1C1CNC[C@@H]1OC. The van der Waals surface area contributed by atoms with Crippen LogP contribution in [0.25, 0.3) is 0 Å². The Bertz CT molecular complexity index is 346. The Kier molecular flexibility index (Phi) is 4.18. The van der Waals surface area contributed by atoms with E-state index in [1.165, 1.54) is 18.5 Å². The lowest BCUT2D eigenvalue weighted by molar-refractivity contribution is 0.0853. The quantitative estimate of drug-likeness (QED) is 0.850. The number of aromatic nitrogens is 2. The summed E-state index contributed by atoms with van der Waals surface area (Å²) in [7, 11) is 1.79. The molecule has 0 radical (unpaired) electrons. The fourth-order valence-electron chi connectivity index (χ4n) is 2.77. The van der Waals surface area contributed by atoms with Gasteiger partial charge < -0.3 is 14.6 Å². The van der Waals surface area contributed by atoms with Crippen LogP contribution in [0, 0.1) is 0 Å². The van der Waals surface area contributed by atoms with Crippen LogP contribution in [0.4, 0.5) is 0 Å². The zero-order valence-corrected chi connectivity index (χ0v) is 11.0. The molecule has 1 aromatic heterocycles. The summed E-state index contributed by atoms with van der Waals surface area (Å²) >= 11 is 0. The molecule has 17 heavy (non-hydrogen) atoms. The van der Waals surface area contributed by atoms with Gasteiger partial charge >= 0.3 is 0 Å². The summed E-state index contributed by atoms with van der Waals surface area (Å²) in [6.07, 6.45) is 6.57. The second-order valence-corrected chi connectivity index (χ2v) is 4.74. The molecule has 2 heterocycles. The van der Waals surface area contributed by atoms with Gasteiger partial charge in [-0.3, -0.25) is 0 Å². The molecule has 0 saturated carbocycles. The minimum Gasteiger partial charge on any atom is -0.378 e. The van der Waals surface area contributed by atoms with Crippen LogP contribution < -0.4 is 5.32 Å². The maximum Gasteiger partial charge on any atom is 0.0952 e. The molecule has 1 aliphatic rings. The van der Waals surface area contributed by atoms with Crippen molar-refractivity contribution in [2.75, 3.05) is 20.2 Å². The van der Waals surface area contributed by atoms with Gasteiger partial charge in [0.25, 0.3) is 0 Å². The van der Waals surface area contributed by atoms with Gasteiger partial charge in [-0.15, -0.1) is 0 Å². The van der Waals surface area contributed by atoms with Crippen molar-refractivity contribution in [1.82, 2.24) is 14.9 Å². The zero-order valence-electron chi connectivity index (χ0n) is 11.0. The standard InChI is InChI=1S/C13H23N3O/c1-4-10(5-2)11-6-15-9-16(11)12-7-14-8-13(12)17-3/h6,9-10,12-14H,4-5,7-8H2,1-3H3/t12?,13-/m0/s1. The minimum atomic E-state index is 0.261. The number of hydrogen-bond donors (Lipinski definition) is 1. The molecule has 0 bridgehead atoms. The van der Waals surface area contributed by atoms with Crippen molar-refractivity contribution in [2.24, 2.45) is 0 Å². The zero-order chi connectivity index (χ0) is 12.3. The molecular formula is C13H23N3O. The van der Waals surface area contributed by atoms with Crippen LogP contribution in [-0.2, 0) is 4.74 Å². The van der Waals surface area contributed by atoms with Crippen molar-refractivity contribution in [3.05, 3.63) is 18.2 Å². The Labute approximate surface area is 103 Å². The highest BCUT2D eigenvalue weighted by atomic mass is 16.5. The molecule has 0 amide bonds. The Morgan fingerprint density at radius 3 is 2.88 bits per heavy atom. The maximum absolute atomic E-state index is 5.54. The van der Waals surface area contributed by atoms with Crippen LogP contribution >= 0.6 is 0 Å². The fourth-order valence-corrected chi connectivity index (χ4v) is 2.77. The number of ether oxygens (including phenoxy) is 1. The molecule has 1 unspecified atom stereocenters. The third-order valence-electron chi connectivity index (χ3n) is 3.89. The van der Waals surface area contributed by atoms with E-state index in [2.05, 4.69) is 28.7 Å². The first-order valence-electron chi connectivity index (χ1n) is 6.57. The molecule has 1 saturated heterocycles. The normalized spacial score (nSPS) is 24.7. The van der Waals surface area contributed by atoms with Gasteiger partial charge in [0.15, 0.2) is 0 Å². The monoisotopic (exact) mass is 237 g/mol. The Hall–Kier alpha value is -0.870. The van der Waals surface area contributed by atoms with Gasteiger partial charge in [-0.1, -0.05) is 13.8 Å². The Morgan fingerprint density at radius 1 is 1.47 bits per heavy atom. The number of nitrogens with zero attached hydrogens (tertiary/aromatic N) is 2. The summed E-state index contributed by atoms with van der Waals surface area (Å²) in [5.41, 5.74) is 1.35. The van der Waals surface area contributed by atoms with E-state index in [0.717, 1.165) is 13.1 Å². The first-order valence-corrected chi connectivity index (χ1v) is 6.57. The van der Waals surface area contributed by atoms with Gasteiger partial charge in [-0.2, -0.15) is 0 Å². The summed E-state index contributed by atoms with van der Waals surface area (Å²) < 4.78 is 7.85. The molecule has 1 aromatic rings. The van der Waals surface area contributed by atoms with Crippen molar-refractivity contribution in [3.8, 4) is 0 Å². The van der Waals surface area contributed by atoms with Gasteiger partial charge in [-0.05, 0) is 12.8 Å². The molecule has 4 heteroatoms. The van der Waals surface area contributed by atoms with Gasteiger partial charge in [-0.25, -0.2) is 4.98 Å². The third-order valence-corrected chi connectivity index (χ3v) is 3.89. The smallest absolute Gasteiger partial charge is 0.0952 e. The lowest BCUT2D eigenvalue weighted by Crippen LogP contribution is -2.25. The van der Waals surface area contributed by atoms with E-state index in [0.29, 0.717) is 12.0 Å². The van der Waals surface area contributed by atoms with Crippen LogP contribution in [0.15, 0.2) is 12.5 Å². The number of methoxy groups -OCH3 is 1. The molecule has 96 valence electrons. The molecule has 1 aliphatic heterocycles. The maximum atomic E-state index is 5.54. The summed E-state index contributed by atoms with van der Waals surface area (Å²) in [6.45, 7) is 6.39. The lowest BCUT2D eigenvalue weighted by atomic mass is 9.99. The van der Waals surface area contributed by atoms with Crippen LogP contribution in [0.2, 0.25) is 0 Å². The average molecular weight is 237 g/mol. The molecule has 1 N–H and O–H groups in total. The van der Waals surface area contributed by atoms with Crippen molar-refractivity contribution >= 4 is 0 Å². The first-order chi connectivity index (χ1) is 8.31. The second-order valence-electron chi connectivity index (χ2n) is 4.74. The molecule has 1 fully saturated rings. The van der Waals surface area contributed by atoms with Crippen LogP contribution in [0.5, 0.6) is 0 Å². The predicted molar refractivity (Wildman–Crippen MR) is 68.3 cm³/mol. The van der Waals surface area contributed by atoms with Gasteiger partial charge in [0.05, 0.1) is 18.5 Å². The van der Waals surface area contributed by atoms with Crippen LogP contribution in [-0.4, -0.2) is 35.9 Å². The Morgan fingerprint density at radius 2 is 2.24 bits per heavy atom. The van der Waals surface area contributed by atoms with Gasteiger partial charge in [0, 0.05) is 38.0 Å². The van der Waals surface area contributed by atoms with Crippen molar-refractivity contribution in [1.29, 1.82) is 0 Å². The van der Waals surface area contributed by atoms with Crippen molar-refractivity contribution < 1.29 is 4.74 Å². The topological polar surface area (TPSA) is 39.1 Å². The molecule has 0 spiro atoms. The molecule has 4 nitrogen and oxygen atoms in total. The summed E-state index contributed by atoms with van der Waals surface area (Å²) in [6, 6.07) is 0.387. The number of imidazole rings is 1. The fraction of sp³-hybridized carbons (Fsp3) is 0.769. The number of hydrogen-bond acceptors (Lipinski definition) is 3. The van der Waals surface area contributed by atoms with E-state index >= 15 is 0 Å². The van der Waals surface area contributed by atoms with E-state index in [9.17, 15) is 0 Å². The largest absolute Gasteiger partial charge is 0.378 e. The highest BCUT2D eigenvalue weighted by molar-refractivity contribution is 5.09. The highest BCUT2D eigenvalue weighted by Crippen LogP contribution is 2.28. The minimum absolute atomic E-state index is 0.261. The van der Waals surface area contributed by atoms with Crippen LogP contribution in [0.3, 0.4) is 0 Å². The number of nitrogens with one attached hydrogen (secondary N) is 1. The van der Waals surface area contributed by atoms with Gasteiger partial charge in [0.1, 0.15) is 0 Å². The molecule has 2 rings (SSSR count). The van der Waals surface area contributed by atoms with E-state index in [1.54, 1.807) is 7.11 Å². The molecule has 0 aliphatic carbocycles. The van der Waals surface area contributed by atoms with Crippen molar-refractivity contribution in [2.45, 2.75) is 44.8 Å². The van der Waals surface area contributed by atoms with E-state index in [4.69, 9.17) is 4.74 Å². The third kappa shape index (κ3) is 2.38. The van der Waals surface area contributed by atoms with Gasteiger partial charge in [0.2, 0.25) is 0 Å². The lowest BCUT2D eigenvalue weighted by Gasteiger charge is -2.23. The van der Waals surface area contributed by atoms with E-state index in [1.807, 2.05) is 12.5 Å². The predicted octanol–water partition coefficient (Wildman–Crippen LogP) is 1.95. The summed E-state index contributed by atoms with van der Waals surface area (Å²) in [5, 5.41) is 3.39. The molecule has 2 atom stereocenters. The summed E-state index contributed by atoms with van der Waals surface area (Å²) in [5.74, 6) is 0.607. The average Bonchev–Trinajstić information content (AvgIpc) is 2.97. The van der Waals surface area contributed by atoms with E-state index < -0.39 is 0 Å².